The summed E-state index contributed by atoms with van der Waals surface area (Å²) >= 11 is 7.49. The molecule has 1 amide bonds. The van der Waals surface area contributed by atoms with Crippen LogP contribution in [0.3, 0.4) is 0 Å². The number of hydrogen-bond donors (Lipinski definition) is 1. The van der Waals surface area contributed by atoms with Crippen LogP contribution >= 0.6 is 22.9 Å². The predicted octanol–water partition coefficient (Wildman–Crippen LogP) is 5.39. The van der Waals surface area contributed by atoms with E-state index in [4.69, 9.17) is 21.3 Å². The normalized spacial score (nSPS) is 14.4. The lowest BCUT2D eigenvalue weighted by atomic mass is 9.93. The summed E-state index contributed by atoms with van der Waals surface area (Å²) in [6.45, 7) is 2.78. The zero-order chi connectivity index (χ0) is 21.5. The second-order valence-corrected chi connectivity index (χ2v) is 8.74. The van der Waals surface area contributed by atoms with Crippen molar-refractivity contribution in [2.45, 2.75) is 25.9 Å². The number of thiazole rings is 1. The molecule has 8 heteroatoms. The number of anilines is 1. The summed E-state index contributed by atoms with van der Waals surface area (Å²) in [4.78, 5) is 23.1. The molecule has 0 bridgehead atoms. The van der Waals surface area contributed by atoms with E-state index in [2.05, 4.69) is 27.3 Å². The molecule has 1 aromatic carbocycles. The highest BCUT2D eigenvalue weighted by atomic mass is 35.5. The van der Waals surface area contributed by atoms with Gasteiger partial charge in [-0.05, 0) is 49.4 Å². The molecule has 1 aliphatic rings. The van der Waals surface area contributed by atoms with Crippen LogP contribution < -0.4 is 10.2 Å². The molecule has 0 saturated carbocycles. The van der Waals surface area contributed by atoms with Crippen molar-refractivity contribution in [2.75, 3.05) is 24.5 Å². The van der Waals surface area contributed by atoms with Gasteiger partial charge in [0, 0.05) is 35.6 Å². The molecular weight excluding hydrogens is 432 g/mol. The Hall–Kier alpha value is -2.64. The maximum Gasteiger partial charge on any atom is 0.407 e. The first-order chi connectivity index (χ1) is 15.2. The SMILES string of the molecule is O=C(NCCC1CCN(c2cccc(-c3ccc(Cl)cc3)n2)CC1)OCc1cscn1. The highest BCUT2D eigenvalue weighted by molar-refractivity contribution is 7.07. The molecule has 1 N–H and O–H groups in total. The van der Waals surface area contributed by atoms with E-state index in [0.717, 1.165) is 60.1 Å². The van der Waals surface area contributed by atoms with Crippen LogP contribution in [0.5, 0.6) is 0 Å². The van der Waals surface area contributed by atoms with Crippen molar-refractivity contribution >= 4 is 34.8 Å². The molecule has 3 aromatic rings. The molecule has 0 spiro atoms. The van der Waals surface area contributed by atoms with Crippen LogP contribution in [0.25, 0.3) is 11.3 Å². The van der Waals surface area contributed by atoms with Gasteiger partial charge in [0.25, 0.3) is 0 Å². The first-order valence-electron chi connectivity index (χ1n) is 10.4. The number of benzene rings is 1. The van der Waals surface area contributed by atoms with Gasteiger partial charge in [-0.3, -0.25) is 0 Å². The van der Waals surface area contributed by atoms with E-state index in [1.54, 1.807) is 5.51 Å². The molecule has 0 atom stereocenters. The van der Waals surface area contributed by atoms with Gasteiger partial charge in [-0.15, -0.1) is 11.3 Å². The second kappa shape index (κ2) is 10.6. The predicted molar refractivity (Wildman–Crippen MR) is 125 cm³/mol. The van der Waals surface area contributed by atoms with E-state index in [9.17, 15) is 4.79 Å². The van der Waals surface area contributed by atoms with E-state index in [-0.39, 0.29) is 12.7 Å². The molecule has 3 heterocycles. The van der Waals surface area contributed by atoms with Crippen molar-refractivity contribution in [3.63, 3.8) is 0 Å². The zero-order valence-electron chi connectivity index (χ0n) is 17.2. The summed E-state index contributed by atoms with van der Waals surface area (Å²) in [6.07, 6.45) is 2.75. The van der Waals surface area contributed by atoms with Crippen LogP contribution in [0.1, 0.15) is 25.0 Å². The number of amides is 1. The molecule has 31 heavy (non-hydrogen) atoms. The van der Waals surface area contributed by atoms with E-state index in [1.807, 2.05) is 35.7 Å². The van der Waals surface area contributed by atoms with Gasteiger partial charge >= 0.3 is 6.09 Å². The lowest BCUT2D eigenvalue weighted by Crippen LogP contribution is -2.35. The van der Waals surface area contributed by atoms with Crippen molar-refractivity contribution in [1.29, 1.82) is 0 Å². The quantitative estimate of drug-likeness (QED) is 0.516. The van der Waals surface area contributed by atoms with Gasteiger partial charge in [-0.2, -0.15) is 0 Å². The van der Waals surface area contributed by atoms with E-state index in [1.165, 1.54) is 11.3 Å². The third kappa shape index (κ3) is 6.18. The number of ether oxygens (including phenoxy) is 1. The number of pyridine rings is 1. The van der Waals surface area contributed by atoms with Gasteiger partial charge < -0.3 is 15.0 Å². The summed E-state index contributed by atoms with van der Waals surface area (Å²) in [6, 6.07) is 13.9. The first kappa shape index (κ1) is 21.6. The number of rotatable bonds is 7. The lowest BCUT2D eigenvalue weighted by molar-refractivity contribution is 0.137. The second-order valence-electron chi connectivity index (χ2n) is 7.59. The smallest absolute Gasteiger partial charge is 0.407 e. The number of alkyl carbamates (subject to hydrolysis) is 1. The summed E-state index contributed by atoms with van der Waals surface area (Å²) in [5.74, 6) is 1.60. The Morgan fingerprint density at radius 3 is 2.74 bits per heavy atom. The summed E-state index contributed by atoms with van der Waals surface area (Å²) in [7, 11) is 0. The Balaban J connectivity index is 1.20. The zero-order valence-corrected chi connectivity index (χ0v) is 18.7. The number of aromatic nitrogens is 2. The molecule has 4 rings (SSSR count). The molecule has 1 aliphatic heterocycles. The van der Waals surface area contributed by atoms with Crippen LogP contribution in [0, 0.1) is 5.92 Å². The topological polar surface area (TPSA) is 67.4 Å². The van der Waals surface area contributed by atoms with Gasteiger partial charge in [-0.1, -0.05) is 29.8 Å². The maximum absolute atomic E-state index is 11.8. The number of piperidine rings is 1. The lowest BCUT2D eigenvalue weighted by Gasteiger charge is -2.33. The molecule has 6 nitrogen and oxygen atoms in total. The number of nitrogens with one attached hydrogen (secondary N) is 1. The minimum Gasteiger partial charge on any atom is -0.443 e. The van der Waals surface area contributed by atoms with Gasteiger partial charge in [0.05, 0.1) is 16.9 Å². The summed E-state index contributed by atoms with van der Waals surface area (Å²) in [5.41, 5.74) is 4.53. The van der Waals surface area contributed by atoms with Crippen LogP contribution in [0.2, 0.25) is 5.02 Å². The molecule has 1 fully saturated rings. The van der Waals surface area contributed by atoms with Gasteiger partial charge in [0.2, 0.25) is 0 Å². The van der Waals surface area contributed by atoms with Crippen LogP contribution in [0.15, 0.2) is 53.4 Å². The molecule has 2 aromatic heterocycles. The number of nitrogens with zero attached hydrogens (tertiary/aromatic N) is 3. The molecule has 162 valence electrons. The standard InChI is InChI=1S/C23H25ClN4O2S/c24-19-6-4-18(5-7-19)21-2-1-3-22(27-21)28-12-9-17(10-13-28)8-11-25-23(29)30-14-20-15-31-16-26-20/h1-7,15-17H,8-14H2,(H,25,29). The van der Waals surface area contributed by atoms with Crippen molar-refractivity contribution in [1.82, 2.24) is 15.3 Å². The van der Waals surface area contributed by atoms with Gasteiger partial charge in [0.1, 0.15) is 12.4 Å². The number of carbonyl (C=O) groups is 1. The average Bonchev–Trinajstić information content (AvgIpc) is 3.33. The van der Waals surface area contributed by atoms with Crippen LogP contribution in [-0.4, -0.2) is 35.7 Å². The van der Waals surface area contributed by atoms with Gasteiger partial charge in [0.15, 0.2) is 0 Å². The van der Waals surface area contributed by atoms with Crippen molar-refractivity contribution in [3.8, 4) is 11.3 Å². The highest BCUT2D eigenvalue weighted by Gasteiger charge is 2.20. The van der Waals surface area contributed by atoms with Crippen molar-refractivity contribution < 1.29 is 9.53 Å². The van der Waals surface area contributed by atoms with E-state index in [0.29, 0.717) is 12.5 Å². The number of carbonyl (C=O) groups excluding carboxylic acids is 1. The molecule has 0 radical (unpaired) electrons. The summed E-state index contributed by atoms with van der Waals surface area (Å²) in [5, 5.41) is 5.45. The van der Waals surface area contributed by atoms with Crippen LogP contribution in [0.4, 0.5) is 10.6 Å². The minimum absolute atomic E-state index is 0.218. The number of hydrogen-bond acceptors (Lipinski definition) is 6. The Kier molecular flexibility index (Phi) is 7.38. The molecule has 0 aliphatic carbocycles. The Morgan fingerprint density at radius 1 is 1.19 bits per heavy atom. The third-order valence-electron chi connectivity index (χ3n) is 5.47. The number of halogens is 1. The van der Waals surface area contributed by atoms with Crippen LogP contribution in [-0.2, 0) is 11.3 Å². The highest BCUT2D eigenvalue weighted by Crippen LogP contribution is 2.26. The first-order valence-corrected chi connectivity index (χ1v) is 11.7. The Bertz CT molecular complexity index is 974. The van der Waals surface area contributed by atoms with Crippen molar-refractivity contribution in [2.24, 2.45) is 5.92 Å². The molecular formula is C23H25ClN4O2S. The fraction of sp³-hybridized carbons (Fsp3) is 0.348. The minimum atomic E-state index is -0.381. The molecule has 1 saturated heterocycles. The molecule has 0 unspecified atom stereocenters. The fourth-order valence-electron chi connectivity index (χ4n) is 3.71. The van der Waals surface area contributed by atoms with Crippen molar-refractivity contribution in [3.05, 3.63) is 64.1 Å². The van der Waals surface area contributed by atoms with Gasteiger partial charge in [-0.25, -0.2) is 14.8 Å². The summed E-state index contributed by atoms with van der Waals surface area (Å²) < 4.78 is 5.18. The average molecular weight is 457 g/mol. The largest absolute Gasteiger partial charge is 0.443 e. The van der Waals surface area contributed by atoms with E-state index < -0.39 is 0 Å². The maximum atomic E-state index is 11.8. The monoisotopic (exact) mass is 456 g/mol. The Morgan fingerprint density at radius 2 is 2.00 bits per heavy atom. The third-order valence-corrected chi connectivity index (χ3v) is 6.36. The fourth-order valence-corrected chi connectivity index (χ4v) is 4.38. The van der Waals surface area contributed by atoms with E-state index >= 15 is 0 Å². The Labute approximate surface area is 191 Å².